The van der Waals surface area contributed by atoms with Gasteiger partial charge in [0.15, 0.2) is 5.82 Å². The SMILES string of the molecule is N#C/C(=C/c1ccc(O)c(Br)c1)c1nc2ccccc2c(=O)[nH]1. The molecule has 0 atom stereocenters. The minimum atomic E-state index is -0.293. The number of nitrogens with zero attached hydrogens (tertiary/aromatic N) is 2. The van der Waals surface area contributed by atoms with Crippen molar-refractivity contribution in [2.24, 2.45) is 0 Å². The van der Waals surface area contributed by atoms with Gasteiger partial charge in [0.25, 0.3) is 5.56 Å². The summed E-state index contributed by atoms with van der Waals surface area (Å²) in [6.45, 7) is 0. The maximum absolute atomic E-state index is 12.1. The zero-order valence-electron chi connectivity index (χ0n) is 11.7. The van der Waals surface area contributed by atoms with Crippen LogP contribution < -0.4 is 5.56 Å². The average molecular weight is 368 g/mol. The van der Waals surface area contributed by atoms with Crippen molar-refractivity contribution in [1.82, 2.24) is 9.97 Å². The summed E-state index contributed by atoms with van der Waals surface area (Å²) in [7, 11) is 0. The Morgan fingerprint density at radius 1 is 1.30 bits per heavy atom. The van der Waals surface area contributed by atoms with Gasteiger partial charge in [-0.1, -0.05) is 18.2 Å². The van der Waals surface area contributed by atoms with E-state index in [0.717, 1.165) is 0 Å². The second-order valence-corrected chi connectivity index (χ2v) is 5.67. The summed E-state index contributed by atoms with van der Waals surface area (Å²) in [5.41, 5.74) is 1.16. The van der Waals surface area contributed by atoms with Gasteiger partial charge >= 0.3 is 0 Å². The van der Waals surface area contributed by atoms with Gasteiger partial charge in [0, 0.05) is 0 Å². The summed E-state index contributed by atoms with van der Waals surface area (Å²) in [6, 6.07) is 13.8. The van der Waals surface area contributed by atoms with Crippen molar-refractivity contribution in [1.29, 1.82) is 5.26 Å². The minimum absolute atomic E-state index is 0.109. The van der Waals surface area contributed by atoms with E-state index in [1.165, 1.54) is 6.07 Å². The van der Waals surface area contributed by atoms with E-state index in [4.69, 9.17) is 0 Å². The number of aromatic hydroxyl groups is 1. The Hall–Kier alpha value is -2.91. The predicted molar refractivity (Wildman–Crippen MR) is 91.7 cm³/mol. The Morgan fingerprint density at radius 3 is 2.83 bits per heavy atom. The number of aromatic amines is 1. The van der Waals surface area contributed by atoms with Crippen molar-refractivity contribution < 1.29 is 5.11 Å². The van der Waals surface area contributed by atoms with Crippen LogP contribution in [0.5, 0.6) is 5.75 Å². The van der Waals surface area contributed by atoms with Crippen molar-refractivity contribution in [2.75, 3.05) is 0 Å². The molecule has 1 heterocycles. The first-order valence-electron chi connectivity index (χ1n) is 6.68. The number of hydrogen-bond acceptors (Lipinski definition) is 4. The number of phenolic OH excluding ortho intramolecular Hbond substituents is 1. The quantitative estimate of drug-likeness (QED) is 0.678. The van der Waals surface area contributed by atoms with E-state index in [1.807, 2.05) is 6.07 Å². The summed E-state index contributed by atoms with van der Waals surface area (Å²) < 4.78 is 0.517. The van der Waals surface area contributed by atoms with Crippen LogP contribution in [0.3, 0.4) is 0 Å². The van der Waals surface area contributed by atoms with Gasteiger partial charge < -0.3 is 10.1 Å². The number of rotatable bonds is 2. The maximum Gasteiger partial charge on any atom is 0.259 e. The van der Waals surface area contributed by atoms with Crippen LogP contribution >= 0.6 is 15.9 Å². The Kier molecular flexibility index (Phi) is 3.96. The lowest BCUT2D eigenvalue weighted by Crippen LogP contribution is -2.11. The van der Waals surface area contributed by atoms with E-state index in [2.05, 4.69) is 25.9 Å². The average Bonchev–Trinajstić information content (AvgIpc) is 2.56. The molecule has 0 radical (unpaired) electrons. The van der Waals surface area contributed by atoms with Crippen LogP contribution in [-0.4, -0.2) is 15.1 Å². The van der Waals surface area contributed by atoms with Gasteiger partial charge in [0.1, 0.15) is 11.8 Å². The number of para-hydroxylation sites is 1. The molecule has 23 heavy (non-hydrogen) atoms. The zero-order valence-corrected chi connectivity index (χ0v) is 13.3. The number of nitriles is 1. The lowest BCUT2D eigenvalue weighted by Gasteiger charge is -2.03. The molecule has 0 fully saturated rings. The van der Waals surface area contributed by atoms with E-state index >= 15 is 0 Å². The molecule has 0 aliphatic carbocycles. The molecular formula is C17H10BrN3O2. The van der Waals surface area contributed by atoms with Gasteiger partial charge in [0.2, 0.25) is 0 Å². The first kappa shape index (κ1) is 15.0. The van der Waals surface area contributed by atoms with Crippen LogP contribution in [-0.2, 0) is 0 Å². The fourth-order valence-corrected chi connectivity index (χ4v) is 2.54. The highest BCUT2D eigenvalue weighted by Gasteiger charge is 2.08. The van der Waals surface area contributed by atoms with Crippen LogP contribution in [0.1, 0.15) is 11.4 Å². The molecular weight excluding hydrogens is 358 g/mol. The van der Waals surface area contributed by atoms with Gasteiger partial charge in [-0.15, -0.1) is 0 Å². The fraction of sp³-hybridized carbons (Fsp3) is 0. The number of phenols is 1. The number of nitrogens with one attached hydrogen (secondary N) is 1. The van der Waals surface area contributed by atoms with E-state index in [9.17, 15) is 15.2 Å². The molecule has 0 unspecified atom stereocenters. The molecule has 2 N–H and O–H groups in total. The second-order valence-electron chi connectivity index (χ2n) is 4.81. The summed E-state index contributed by atoms with van der Waals surface area (Å²) in [4.78, 5) is 19.1. The third-order valence-corrected chi connectivity index (χ3v) is 3.91. The Bertz CT molecular complexity index is 1030. The summed E-state index contributed by atoms with van der Waals surface area (Å²) in [5, 5.41) is 19.4. The van der Waals surface area contributed by atoms with Crippen LogP contribution in [0, 0.1) is 11.3 Å². The van der Waals surface area contributed by atoms with Crippen LogP contribution in [0.25, 0.3) is 22.6 Å². The van der Waals surface area contributed by atoms with Gasteiger partial charge in [-0.3, -0.25) is 4.79 Å². The highest BCUT2D eigenvalue weighted by Crippen LogP contribution is 2.26. The van der Waals surface area contributed by atoms with Gasteiger partial charge in [-0.2, -0.15) is 5.26 Å². The molecule has 0 amide bonds. The van der Waals surface area contributed by atoms with E-state index < -0.39 is 0 Å². The van der Waals surface area contributed by atoms with Gasteiger partial charge in [0.05, 0.1) is 20.9 Å². The van der Waals surface area contributed by atoms with Crippen LogP contribution in [0.15, 0.2) is 51.7 Å². The third kappa shape index (κ3) is 3.00. The minimum Gasteiger partial charge on any atom is -0.507 e. The number of hydrogen-bond donors (Lipinski definition) is 2. The lowest BCUT2D eigenvalue weighted by atomic mass is 10.1. The number of H-pyrrole nitrogens is 1. The fourth-order valence-electron chi connectivity index (χ4n) is 2.15. The van der Waals surface area contributed by atoms with Crippen molar-refractivity contribution in [3.8, 4) is 11.8 Å². The highest BCUT2D eigenvalue weighted by molar-refractivity contribution is 9.10. The largest absolute Gasteiger partial charge is 0.507 e. The molecule has 0 saturated heterocycles. The molecule has 112 valence electrons. The number of benzene rings is 2. The highest BCUT2D eigenvalue weighted by atomic mass is 79.9. The second kappa shape index (κ2) is 6.07. The molecule has 0 spiro atoms. The molecule has 1 aromatic heterocycles. The zero-order chi connectivity index (χ0) is 16.4. The molecule has 2 aromatic carbocycles. The van der Waals surface area contributed by atoms with Gasteiger partial charge in [-0.25, -0.2) is 4.98 Å². The molecule has 6 heteroatoms. The van der Waals surface area contributed by atoms with Crippen LogP contribution in [0.4, 0.5) is 0 Å². The van der Waals surface area contributed by atoms with Crippen molar-refractivity contribution in [2.45, 2.75) is 0 Å². The Morgan fingerprint density at radius 2 is 2.09 bits per heavy atom. The Labute approximate surface area is 139 Å². The summed E-state index contributed by atoms with van der Waals surface area (Å²) in [5.74, 6) is 0.318. The van der Waals surface area contributed by atoms with Crippen molar-refractivity contribution in [3.05, 3.63) is 68.7 Å². The van der Waals surface area contributed by atoms with Crippen molar-refractivity contribution >= 4 is 38.5 Å². The van der Waals surface area contributed by atoms with Crippen LogP contribution in [0.2, 0.25) is 0 Å². The molecule has 0 bridgehead atoms. The van der Waals surface area contributed by atoms with E-state index in [1.54, 1.807) is 42.5 Å². The number of fused-ring (bicyclic) bond motifs is 1. The summed E-state index contributed by atoms with van der Waals surface area (Å²) in [6.07, 6.45) is 1.59. The number of halogens is 1. The normalized spacial score (nSPS) is 11.4. The van der Waals surface area contributed by atoms with Crippen molar-refractivity contribution in [3.63, 3.8) is 0 Å². The molecule has 0 aliphatic rings. The smallest absolute Gasteiger partial charge is 0.259 e. The molecule has 0 aliphatic heterocycles. The van der Waals surface area contributed by atoms with Gasteiger partial charge in [-0.05, 0) is 51.8 Å². The maximum atomic E-state index is 12.1. The first-order chi connectivity index (χ1) is 11.1. The Balaban J connectivity index is 2.14. The first-order valence-corrected chi connectivity index (χ1v) is 7.47. The molecule has 3 aromatic rings. The predicted octanol–water partition coefficient (Wildman–Crippen LogP) is 3.46. The van der Waals surface area contributed by atoms with E-state index in [-0.39, 0.29) is 22.7 Å². The number of allylic oxidation sites excluding steroid dienone is 1. The molecule has 0 saturated carbocycles. The summed E-state index contributed by atoms with van der Waals surface area (Å²) >= 11 is 3.22. The molecule has 5 nitrogen and oxygen atoms in total. The lowest BCUT2D eigenvalue weighted by molar-refractivity contribution is 0.472. The topological polar surface area (TPSA) is 89.8 Å². The third-order valence-electron chi connectivity index (χ3n) is 3.27. The van der Waals surface area contributed by atoms with E-state index in [0.29, 0.717) is 20.9 Å². The number of aromatic nitrogens is 2. The molecule has 3 rings (SSSR count). The monoisotopic (exact) mass is 367 g/mol. The standard InChI is InChI=1S/C17H10BrN3O2/c18-13-8-10(5-6-15(13)22)7-11(9-19)16-20-14-4-2-1-3-12(14)17(23)21-16/h1-8,22H,(H,20,21,23)/b11-7-.